The molecule has 0 aromatic rings. The second-order valence-electron chi connectivity index (χ2n) is 4.50. The highest BCUT2D eigenvalue weighted by molar-refractivity contribution is 6.44. The molecule has 0 aliphatic rings. The van der Waals surface area contributed by atoms with E-state index in [1.807, 2.05) is 27.7 Å². The van der Waals surface area contributed by atoms with E-state index >= 15 is 0 Å². The van der Waals surface area contributed by atoms with Crippen molar-refractivity contribution in [2.45, 2.75) is 52.9 Å². The van der Waals surface area contributed by atoms with Crippen molar-refractivity contribution < 1.29 is 18.4 Å². The number of hydrogen-bond acceptors (Lipinski definition) is 4. The average molecular weight is 260 g/mol. The lowest BCUT2D eigenvalue weighted by Gasteiger charge is -2.21. The van der Waals surface area contributed by atoms with Crippen LogP contribution in [0.25, 0.3) is 0 Å². The number of ether oxygens (including phenoxy) is 1. The van der Waals surface area contributed by atoms with Crippen LogP contribution < -0.4 is 0 Å². The Kier molecular flexibility index (Phi) is 8.12. The summed E-state index contributed by atoms with van der Waals surface area (Å²) in [6, 6.07) is 0.662. The molecular formula is C12H24O4Si. The molecule has 0 unspecified atom stereocenters. The Hall–Kier alpha value is -0.653. The molecule has 0 spiro atoms. The third-order valence-corrected chi connectivity index (χ3v) is 4.19. The van der Waals surface area contributed by atoms with Gasteiger partial charge in [-0.3, -0.25) is 0 Å². The minimum absolute atomic E-state index is 0.141. The van der Waals surface area contributed by atoms with Gasteiger partial charge in [-0.1, -0.05) is 6.58 Å². The zero-order chi connectivity index (χ0) is 13.4. The Labute approximate surface area is 106 Å². The van der Waals surface area contributed by atoms with E-state index in [1.165, 1.54) is 0 Å². The predicted molar refractivity (Wildman–Crippen MR) is 70.2 cm³/mol. The number of esters is 1. The standard InChI is InChI=1S/C12H24O4Si/c1-9(2)12(13)14-7-8-17(15-10(3)4)16-11(5)6/h10-11,17H,1,7-8H2,2-6H3. The Morgan fingerprint density at radius 3 is 2.00 bits per heavy atom. The van der Waals surface area contributed by atoms with E-state index in [1.54, 1.807) is 6.92 Å². The van der Waals surface area contributed by atoms with E-state index in [0.717, 1.165) is 0 Å². The fourth-order valence-electron chi connectivity index (χ4n) is 1.15. The molecule has 0 amide bonds. The van der Waals surface area contributed by atoms with Gasteiger partial charge in [0.1, 0.15) is 0 Å². The molecular weight excluding hydrogens is 236 g/mol. The normalized spacial score (nSPS) is 11.3. The fraction of sp³-hybridized carbons (Fsp3) is 0.750. The van der Waals surface area contributed by atoms with Gasteiger partial charge in [0.25, 0.3) is 0 Å². The third-order valence-electron chi connectivity index (χ3n) is 1.78. The summed E-state index contributed by atoms with van der Waals surface area (Å²) in [5.41, 5.74) is 0.415. The number of carbonyl (C=O) groups is 1. The maximum atomic E-state index is 11.2. The molecule has 0 fully saturated rings. The first-order valence-electron chi connectivity index (χ1n) is 5.96. The topological polar surface area (TPSA) is 44.8 Å². The number of hydrogen-bond donors (Lipinski definition) is 0. The number of carbonyl (C=O) groups excluding carboxylic acids is 1. The monoisotopic (exact) mass is 260 g/mol. The Balaban J connectivity index is 3.98. The van der Waals surface area contributed by atoms with Crippen LogP contribution in [0.2, 0.25) is 6.04 Å². The second-order valence-corrected chi connectivity index (χ2v) is 6.48. The molecule has 0 rings (SSSR count). The Morgan fingerprint density at radius 2 is 1.65 bits per heavy atom. The first-order chi connectivity index (χ1) is 7.82. The SMILES string of the molecule is C=C(C)C(=O)OCC[SiH](OC(C)C)OC(C)C. The molecule has 0 aromatic heterocycles. The molecule has 0 heterocycles. The number of rotatable bonds is 8. The quantitative estimate of drug-likeness (QED) is 0.381. The van der Waals surface area contributed by atoms with Gasteiger partial charge in [-0.2, -0.15) is 0 Å². The molecule has 0 bridgehead atoms. The van der Waals surface area contributed by atoms with Crippen molar-refractivity contribution in [1.82, 2.24) is 0 Å². The maximum absolute atomic E-state index is 11.2. The van der Waals surface area contributed by atoms with Crippen LogP contribution in [-0.2, 0) is 18.4 Å². The van der Waals surface area contributed by atoms with E-state index in [0.29, 0.717) is 18.2 Å². The summed E-state index contributed by atoms with van der Waals surface area (Å²) >= 11 is 0. The van der Waals surface area contributed by atoms with Crippen molar-refractivity contribution in [3.63, 3.8) is 0 Å². The fourth-order valence-corrected chi connectivity index (χ4v) is 3.01. The van der Waals surface area contributed by atoms with E-state index in [4.69, 9.17) is 13.6 Å². The summed E-state index contributed by atoms with van der Waals surface area (Å²) in [5.74, 6) is -0.355. The van der Waals surface area contributed by atoms with E-state index in [2.05, 4.69) is 6.58 Å². The summed E-state index contributed by atoms with van der Waals surface area (Å²) in [5, 5.41) is 0. The van der Waals surface area contributed by atoms with Gasteiger partial charge in [-0.15, -0.1) is 0 Å². The molecule has 0 atom stereocenters. The van der Waals surface area contributed by atoms with Crippen LogP contribution in [0.5, 0.6) is 0 Å². The van der Waals surface area contributed by atoms with E-state index < -0.39 is 9.28 Å². The lowest BCUT2D eigenvalue weighted by molar-refractivity contribution is -0.138. The molecule has 0 saturated heterocycles. The minimum atomic E-state index is -1.75. The first kappa shape index (κ1) is 16.3. The molecule has 5 heteroatoms. The van der Waals surface area contributed by atoms with E-state index in [9.17, 15) is 4.79 Å². The summed E-state index contributed by atoms with van der Waals surface area (Å²) in [6.45, 7) is 13.4. The molecule has 0 aliphatic heterocycles. The highest BCUT2D eigenvalue weighted by Crippen LogP contribution is 2.06. The van der Waals surface area contributed by atoms with E-state index in [-0.39, 0.29) is 18.2 Å². The molecule has 17 heavy (non-hydrogen) atoms. The first-order valence-corrected chi connectivity index (χ1v) is 7.72. The highest BCUT2D eigenvalue weighted by atomic mass is 28.3. The maximum Gasteiger partial charge on any atom is 0.333 e. The summed E-state index contributed by atoms with van der Waals surface area (Å²) < 4.78 is 16.4. The van der Waals surface area contributed by atoms with Gasteiger partial charge < -0.3 is 13.6 Å². The van der Waals surface area contributed by atoms with Crippen LogP contribution in [0, 0.1) is 0 Å². The van der Waals surface area contributed by atoms with Crippen LogP contribution in [0.1, 0.15) is 34.6 Å². The molecule has 4 nitrogen and oxygen atoms in total. The Bertz CT molecular complexity index is 241. The third kappa shape index (κ3) is 9.09. The summed E-state index contributed by atoms with van der Waals surface area (Å²) in [4.78, 5) is 11.2. The van der Waals surface area contributed by atoms with Crippen molar-refractivity contribution in [3.05, 3.63) is 12.2 Å². The summed E-state index contributed by atoms with van der Waals surface area (Å²) in [6.07, 6.45) is 0.282. The van der Waals surface area contributed by atoms with Crippen LogP contribution in [0.3, 0.4) is 0 Å². The van der Waals surface area contributed by atoms with Gasteiger partial charge in [-0.25, -0.2) is 4.79 Å². The highest BCUT2D eigenvalue weighted by Gasteiger charge is 2.17. The van der Waals surface area contributed by atoms with Gasteiger partial charge in [-0.05, 0) is 34.6 Å². The Morgan fingerprint density at radius 1 is 1.18 bits per heavy atom. The van der Waals surface area contributed by atoms with Crippen molar-refractivity contribution in [2.75, 3.05) is 6.61 Å². The van der Waals surface area contributed by atoms with Crippen molar-refractivity contribution >= 4 is 15.3 Å². The van der Waals surface area contributed by atoms with Gasteiger partial charge in [0.15, 0.2) is 0 Å². The van der Waals surface area contributed by atoms with Crippen LogP contribution in [-0.4, -0.2) is 34.1 Å². The molecule has 0 aliphatic carbocycles. The minimum Gasteiger partial charge on any atom is -0.462 e. The zero-order valence-corrected chi connectivity index (χ0v) is 12.6. The molecule has 0 radical (unpaired) electrons. The second kappa shape index (κ2) is 8.44. The van der Waals surface area contributed by atoms with Crippen LogP contribution >= 0.6 is 0 Å². The van der Waals surface area contributed by atoms with Crippen molar-refractivity contribution in [2.24, 2.45) is 0 Å². The molecule has 100 valence electrons. The molecule has 0 aromatic carbocycles. The largest absolute Gasteiger partial charge is 0.462 e. The molecule has 0 N–H and O–H groups in total. The lowest BCUT2D eigenvalue weighted by Crippen LogP contribution is -2.30. The average Bonchev–Trinajstić information content (AvgIpc) is 2.14. The van der Waals surface area contributed by atoms with Gasteiger partial charge >= 0.3 is 15.3 Å². The van der Waals surface area contributed by atoms with Gasteiger partial charge in [0, 0.05) is 23.8 Å². The smallest absolute Gasteiger partial charge is 0.333 e. The van der Waals surface area contributed by atoms with Gasteiger partial charge in [0.05, 0.1) is 6.61 Å². The molecule has 0 saturated carbocycles. The predicted octanol–water partition coefficient (Wildman–Crippen LogP) is 2.18. The zero-order valence-electron chi connectivity index (χ0n) is 11.5. The van der Waals surface area contributed by atoms with Crippen LogP contribution in [0.4, 0.5) is 0 Å². The summed E-state index contributed by atoms with van der Waals surface area (Å²) in [7, 11) is -1.75. The van der Waals surface area contributed by atoms with Crippen molar-refractivity contribution in [1.29, 1.82) is 0 Å². The van der Waals surface area contributed by atoms with Crippen LogP contribution in [0.15, 0.2) is 12.2 Å². The lowest BCUT2D eigenvalue weighted by atomic mass is 10.4. The van der Waals surface area contributed by atoms with Crippen molar-refractivity contribution in [3.8, 4) is 0 Å². The van der Waals surface area contributed by atoms with Gasteiger partial charge in [0.2, 0.25) is 0 Å².